The van der Waals surface area contributed by atoms with E-state index in [1.54, 1.807) is 0 Å². The van der Waals surface area contributed by atoms with E-state index in [0.717, 1.165) is 0 Å². The Labute approximate surface area is 93.7 Å². The minimum absolute atomic E-state index is 0. The Kier molecular flexibility index (Phi) is 3.42. The summed E-state index contributed by atoms with van der Waals surface area (Å²) in [6.07, 6.45) is 5.77. The maximum Gasteiger partial charge on any atom is 1.00 e. The van der Waals surface area contributed by atoms with E-state index in [2.05, 4.69) is 44.2 Å². The summed E-state index contributed by atoms with van der Waals surface area (Å²) in [5.41, 5.74) is 4.28. The Morgan fingerprint density at radius 1 is 1.38 bits per heavy atom. The Bertz CT molecular complexity index is 331. The van der Waals surface area contributed by atoms with E-state index < -0.39 is 0 Å². The summed E-state index contributed by atoms with van der Waals surface area (Å²) in [6.45, 7) is 4.39. The number of fused-ring (bicyclic) bond motifs is 1. The van der Waals surface area contributed by atoms with Gasteiger partial charge in [0.1, 0.15) is 0 Å². The molecule has 1 unspecified atom stereocenters. The number of allylic oxidation sites excluding steroid dienone is 1. The Morgan fingerprint density at radius 3 is 2.85 bits per heavy atom. The molecule has 0 heterocycles. The van der Waals surface area contributed by atoms with Crippen LogP contribution < -0.4 is 18.9 Å². The van der Waals surface area contributed by atoms with Crippen molar-refractivity contribution in [1.82, 2.24) is 0 Å². The molecular weight excluding hydrogens is 151 g/mol. The summed E-state index contributed by atoms with van der Waals surface area (Å²) < 4.78 is 0. The van der Waals surface area contributed by atoms with Crippen molar-refractivity contribution in [1.29, 1.82) is 0 Å². The summed E-state index contributed by atoms with van der Waals surface area (Å²) in [4.78, 5) is 0. The maximum atomic E-state index is 2.31. The van der Waals surface area contributed by atoms with Gasteiger partial charge >= 0.3 is 18.9 Å². The first-order valence-corrected chi connectivity index (χ1v) is 4.60. The van der Waals surface area contributed by atoms with Crippen LogP contribution in [0.2, 0.25) is 0 Å². The van der Waals surface area contributed by atoms with E-state index in [1.807, 2.05) is 0 Å². The minimum Gasteiger partial charge on any atom is -1.00 e. The molecule has 0 bridgehead atoms. The maximum absolute atomic E-state index is 2.31. The quantitative estimate of drug-likeness (QED) is 0.537. The molecule has 0 aliphatic heterocycles. The Hall–Kier alpha value is -0.443. The van der Waals surface area contributed by atoms with Crippen LogP contribution in [-0.2, 0) is 0 Å². The van der Waals surface area contributed by atoms with Crippen LogP contribution in [0.5, 0.6) is 0 Å². The van der Waals surface area contributed by atoms with Crippen molar-refractivity contribution in [2.75, 3.05) is 0 Å². The molecule has 2 rings (SSSR count). The molecule has 0 radical (unpaired) electrons. The molecule has 0 spiro atoms. The third-order valence-electron chi connectivity index (χ3n) is 2.59. The predicted molar refractivity (Wildman–Crippen MR) is 54.4 cm³/mol. The summed E-state index contributed by atoms with van der Waals surface area (Å²) in [6, 6.07) is 6.73. The number of rotatable bonds is 1. The first-order chi connectivity index (χ1) is 5.81. The van der Waals surface area contributed by atoms with Crippen LogP contribution in [-0.4, -0.2) is 0 Å². The van der Waals surface area contributed by atoms with Crippen LogP contribution in [0.1, 0.15) is 37.4 Å². The van der Waals surface area contributed by atoms with E-state index in [-0.39, 0.29) is 20.3 Å². The number of hydrogen-bond donors (Lipinski definition) is 0. The molecule has 1 heteroatoms. The van der Waals surface area contributed by atoms with E-state index in [1.165, 1.54) is 23.1 Å². The number of aryl methyl sites for hydroxylation is 1. The minimum atomic E-state index is 0. The molecule has 0 N–H and O–H groups in total. The first-order valence-electron chi connectivity index (χ1n) is 4.60. The summed E-state index contributed by atoms with van der Waals surface area (Å²) >= 11 is 0. The van der Waals surface area contributed by atoms with Crippen LogP contribution in [0, 0.1) is 6.92 Å². The molecule has 1 aliphatic rings. The van der Waals surface area contributed by atoms with Crippen LogP contribution >= 0.6 is 0 Å². The zero-order chi connectivity index (χ0) is 8.55. The zero-order valence-electron chi connectivity index (χ0n) is 9.67. The Morgan fingerprint density at radius 2 is 2.15 bits per heavy atom. The van der Waals surface area contributed by atoms with E-state index in [4.69, 9.17) is 0 Å². The first kappa shape index (κ1) is 10.6. The van der Waals surface area contributed by atoms with Gasteiger partial charge in [0.15, 0.2) is 0 Å². The van der Waals surface area contributed by atoms with E-state index >= 15 is 0 Å². The van der Waals surface area contributed by atoms with Gasteiger partial charge in [0, 0.05) is 5.92 Å². The third-order valence-corrected chi connectivity index (χ3v) is 2.59. The molecule has 0 aromatic heterocycles. The van der Waals surface area contributed by atoms with Gasteiger partial charge in [-0.2, -0.15) is 0 Å². The average Bonchev–Trinajstić information content (AvgIpc) is 2.46. The molecule has 0 fully saturated rings. The molecule has 0 saturated heterocycles. The molecular formula is C12H15Li. The van der Waals surface area contributed by atoms with Gasteiger partial charge in [-0.25, -0.2) is 0 Å². The monoisotopic (exact) mass is 166 g/mol. The van der Waals surface area contributed by atoms with Gasteiger partial charge in [0.05, 0.1) is 0 Å². The second-order valence-corrected chi connectivity index (χ2v) is 3.51. The van der Waals surface area contributed by atoms with Crippen LogP contribution in [0.4, 0.5) is 0 Å². The largest absolute Gasteiger partial charge is 1.00 e. The molecule has 0 nitrogen and oxygen atoms in total. The van der Waals surface area contributed by atoms with Gasteiger partial charge in [-0.1, -0.05) is 42.8 Å². The van der Waals surface area contributed by atoms with E-state index in [0.29, 0.717) is 5.92 Å². The third kappa shape index (κ3) is 1.90. The average molecular weight is 166 g/mol. The molecule has 13 heavy (non-hydrogen) atoms. The molecule has 1 aromatic carbocycles. The van der Waals surface area contributed by atoms with Crippen molar-refractivity contribution in [2.45, 2.75) is 26.2 Å². The fourth-order valence-corrected chi connectivity index (χ4v) is 1.86. The summed E-state index contributed by atoms with van der Waals surface area (Å²) in [5.74, 6) is 0.667. The fraction of sp³-hybridized carbons (Fsp3) is 0.333. The smallest absolute Gasteiger partial charge is 1.00 e. The predicted octanol–water partition coefficient (Wildman–Crippen LogP) is 0.632. The van der Waals surface area contributed by atoms with Gasteiger partial charge in [-0.3, -0.25) is 0 Å². The van der Waals surface area contributed by atoms with Gasteiger partial charge < -0.3 is 1.43 Å². The number of benzene rings is 1. The van der Waals surface area contributed by atoms with Crippen molar-refractivity contribution in [3.63, 3.8) is 0 Å². The van der Waals surface area contributed by atoms with Gasteiger partial charge in [-0.15, -0.1) is 0 Å². The SMILES string of the molecule is CCC1C=Cc2cc(C)ccc21.[H-].[Li+]. The van der Waals surface area contributed by atoms with Crippen LogP contribution in [0.15, 0.2) is 24.3 Å². The molecule has 1 aliphatic carbocycles. The topological polar surface area (TPSA) is 0 Å². The van der Waals surface area contributed by atoms with Crippen molar-refractivity contribution in [3.05, 3.63) is 41.0 Å². The van der Waals surface area contributed by atoms with Crippen molar-refractivity contribution >= 4 is 6.08 Å². The van der Waals surface area contributed by atoms with Gasteiger partial charge in [0.25, 0.3) is 0 Å². The Balaban J connectivity index is 0.000000845. The molecule has 0 saturated carbocycles. The second kappa shape index (κ2) is 4.18. The van der Waals surface area contributed by atoms with Crippen molar-refractivity contribution in [3.8, 4) is 0 Å². The van der Waals surface area contributed by atoms with Gasteiger partial charge in [-0.05, 0) is 24.5 Å². The summed E-state index contributed by atoms with van der Waals surface area (Å²) in [7, 11) is 0. The van der Waals surface area contributed by atoms with Crippen LogP contribution in [0.25, 0.3) is 6.08 Å². The molecule has 0 amide bonds. The fourth-order valence-electron chi connectivity index (χ4n) is 1.86. The van der Waals surface area contributed by atoms with E-state index in [9.17, 15) is 0 Å². The second-order valence-electron chi connectivity index (χ2n) is 3.51. The molecule has 1 aromatic rings. The standard InChI is InChI=1S/C12H14.Li.H/c1-3-10-5-6-11-8-9(2)4-7-12(10)11;;/h4-8,10H,3H2,1-2H3;;/q;+1;-1. The molecule has 64 valence electrons. The van der Waals surface area contributed by atoms with Crippen LogP contribution in [0.3, 0.4) is 0 Å². The normalized spacial score (nSPS) is 18.2. The zero-order valence-corrected chi connectivity index (χ0v) is 8.67. The van der Waals surface area contributed by atoms with Gasteiger partial charge in [0.2, 0.25) is 0 Å². The van der Waals surface area contributed by atoms with Crippen molar-refractivity contribution < 1.29 is 20.3 Å². The van der Waals surface area contributed by atoms with Crippen molar-refractivity contribution in [2.24, 2.45) is 0 Å². The number of hydrogen-bond acceptors (Lipinski definition) is 0. The summed E-state index contributed by atoms with van der Waals surface area (Å²) in [5, 5.41) is 0. The molecule has 1 atom stereocenters.